The first kappa shape index (κ1) is 20.0. The summed E-state index contributed by atoms with van der Waals surface area (Å²) in [5.74, 6) is 0.196. The summed E-state index contributed by atoms with van der Waals surface area (Å²) in [6, 6.07) is 33.7. The number of imidazole rings is 1. The molecule has 3 nitrogen and oxygen atoms in total. The average Bonchev–Trinajstić information content (AvgIpc) is 3.29. The van der Waals surface area contributed by atoms with E-state index in [2.05, 4.69) is 103 Å². The third-order valence-electron chi connectivity index (χ3n) is 5.87. The number of nitrogens with zero attached hydrogens (tertiary/aromatic N) is 3. The second kappa shape index (κ2) is 8.64. The Morgan fingerprint density at radius 3 is 2.12 bits per heavy atom. The van der Waals surface area contributed by atoms with Crippen molar-refractivity contribution in [2.45, 2.75) is 12.8 Å². The van der Waals surface area contributed by atoms with E-state index in [1.54, 1.807) is 0 Å². The largest absolute Gasteiger partial charge is 0.340 e. The van der Waals surface area contributed by atoms with Gasteiger partial charge in [-0.15, -0.1) is 0 Å². The van der Waals surface area contributed by atoms with E-state index in [1.807, 2.05) is 30.1 Å². The van der Waals surface area contributed by atoms with Crippen LogP contribution >= 0.6 is 0 Å². The summed E-state index contributed by atoms with van der Waals surface area (Å²) < 4.78 is 2.00. The van der Waals surface area contributed by atoms with E-state index in [0.717, 1.165) is 28.2 Å². The van der Waals surface area contributed by atoms with Gasteiger partial charge in [0.1, 0.15) is 0 Å². The number of benzene rings is 4. The molecule has 1 heterocycles. The van der Waals surface area contributed by atoms with E-state index in [0.29, 0.717) is 0 Å². The molecule has 3 heteroatoms. The number of aryl methyl sites for hydroxylation is 1. The fraction of sp³-hybridized carbons (Fsp3) is 0.103. The van der Waals surface area contributed by atoms with Crippen LogP contribution in [0, 0.1) is 0 Å². The van der Waals surface area contributed by atoms with E-state index in [-0.39, 0.29) is 5.92 Å². The summed E-state index contributed by atoms with van der Waals surface area (Å²) >= 11 is 0. The number of fused-ring (bicyclic) bond motifs is 1. The van der Waals surface area contributed by atoms with Crippen LogP contribution in [0.25, 0.3) is 10.8 Å². The monoisotopic (exact) mass is 415 g/mol. The van der Waals surface area contributed by atoms with Gasteiger partial charge in [0.25, 0.3) is 0 Å². The Morgan fingerprint density at radius 1 is 0.812 bits per heavy atom. The van der Waals surface area contributed by atoms with Crippen LogP contribution in [0.15, 0.2) is 115 Å². The Bertz CT molecular complexity index is 1340. The minimum absolute atomic E-state index is 0.196. The Morgan fingerprint density at radius 2 is 1.50 bits per heavy atom. The van der Waals surface area contributed by atoms with Gasteiger partial charge in [-0.3, -0.25) is 0 Å². The highest BCUT2D eigenvalue weighted by molar-refractivity contribution is 6.14. The Kier molecular flexibility index (Phi) is 5.39. The lowest BCUT2D eigenvalue weighted by molar-refractivity contribution is 0.883. The summed E-state index contributed by atoms with van der Waals surface area (Å²) in [6.45, 7) is 2.21. The third kappa shape index (κ3) is 3.97. The lowest BCUT2D eigenvalue weighted by atomic mass is 9.92. The summed E-state index contributed by atoms with van der Waals surface area (Å²) in [7, 11) is 2.01. The molecule has 1 atom stereocenters. The molecule has 5 rings (SSSR count). The smallest absolute Gasteiger partial charge is 0.0947 e. The van der Waals surface area contributed by atoms with Crippen LogP contribution in [-0.2, 0) is 7.05 Å². The van der Waals surface area contributed by atoms with Crippen LogP contribution in [0.3, 0.4) is 0 Å². The Hall–Kier alpha value is -3.98. The molecule has 0 bridgehead atoms. The van der Waals surface area contributed by atoms with Crippen molar-refractivity contribution in [2.75, 3.05) is 0 Å². The van der Waals surface area contributed by atoms with Crippen molar-refractivity contribution in [1.82, 2.24) is 9.55 Å². The molecule has 0 amide bonds. The van der Waals surface area contributed by atoms with Crippen molar-refractivity contribution in [2.24, 2.45) is 12.0 Å². The normalized spacial score (nSPS) is 11.9. The number of rotatable bonds is 5. The SMILES string of the molecule is CC(c1cn(C)cn1)c1cccc2ccc(N=C(c3ccccc3)c3ccccc3)cc12. The molecule has 0 radical (unpaired) electrons. The molecule has 32 heavy (non-hydrogen) atoms. The van der Waals surface area contributed by atoms with Gasteiger partial charge in [0, 0.05) is 30.3 Å². The fourth-order valence-corrected chi connectivity index (χ4v) is 4.16. The molecular formula is C29H25N3. The lowest BCUT2D eigenvalue weighted by Gasteiger charge is -2.14. The highest BCUT2D eigenvalue weighted by Gasteiger charge is 2.15. The number of hydrogen-bond acceptors (Lipinski definition) is 2. The minimum atomic E-state index is 0.196. The van der Waals surface area contributed by atoms with E-state index < -0.39 is 0 Å². The van der Waals surface area contributed by atoms with Crippen molar-refractivity contribution < 1.29 is 0 Å². The van der Waals surface area contributed by atoms with Crippen LogP contribution in [-0.4, -0.2) is 15.3 Å². The molecule has 0 N–H and O–H groups in total. The predicted octanol–water partition coefficient (Wildman–Crippen LogP) is 6.89. The molecule has 0 fully saturated rings. The minimum Gasteiger partial charge on any atom is -0.340 e. The Balaban J connectivity index is 1.64. The summed E-state index contributed by atoms with van der Waals surface area (Å²) in [6.07, 6.45) is 3.95. The van der Waals surface area contributed by atoms with Crippen LogP contribution in [0.1, 0.15) is 35.2 Å². The first-order valence-corrected chi connectivity index (χ1v) is 10.9. The standard InChI is InChI=1S/C29H25N3/c1-21(28-19-32(2)20-30-28)26-15-9-14-22-16-17-25(18-27(22)26)31-29(23-10-5-3-6-11-23)24-12-7-4-8-13-24/h3-21H,1-2H3. The zero-order valence-electron chi connectivity index (χ0n) is 18.3. The molecule has 4 aromatic carbocycles. The number of aromatic nitrogens is 2. The second-order valence-corrected chi connectivity index (χ2v) is 8.13. The Labute approximate surface area is 188 Å². The molecule has 1 aromatic heterocycles. The van der Waals surface area contributed by atoms with Gasteiger partial charge in [-0.05, 0) is 28.5 Å². The van der Waals surface area contributed by atoms with Gasteiger partial charge in [0.15, 0.2) is 0 Å². The summed E-state index contributed by atoms with van der Waals surface area (Å²) in [5, 5.41) is 2.43. The summed E-state index contributed by atoms with van der Waals surface area (Å²) in [5.41, 5.74) is 6.46. The molecule has 156 valence electrons. The van der Waals surface area contributed by atoms with E-state index in [4.69, 9.17) is 4.99 Å². The van der Waals surface area contributed by atoms with Crippen molar-refractivity contribution in [1.29, 1.82) is 0 Å². The lowest BCUT2D eigenvalue weighted by Crippen LogP contribution is -2.02. The molecule has 0 saturated carbocycles. The van der Waals surface area contributed by atoms with E-state index in [9.17, 15) is 0 Å². The maximum Gasteiger partial charge on any atom is 0.0947 e. The zero-order valence-corrected chi connectivity index (χ0v) is 18.3. The van der Waals surface area contributed by atoms with Gasteiger partial charge in [0.05, 0.1) is 23.4 Å². The van der Waals surface area contributed by atoms with Gasteiger partial charge in [-0.25, -0.2) is 9.98 Å². The first-order valence-electron chi connectivity index (χ1n) is 10.9. The van der Waals surface area contributed by atoms with Gasteiger partial charge in [0.2, 0.25) is 0 Å². The molecule has 1 unspecified atom stereocenters. The average molecular weight is 416 g/mol. The quantitative estimate of drug-likeness (QED) is 0.287. The van der Waals surface area contributed by atoms with Crippen LogP contribution in [0.5, 0.6) is 0 Å². The van der Waals surface area contributed by atoms with Crippen LogP contribution in [0.4, 0.5) is 5.69 Å². The van der Waals surface area contributed by atoms with Crippen LogP contribution in [0.2, 0.25) is 0 Å². The molecular weight excluding hydrogens is 390 g/mol. The molecule has 5 aromatic rings. The van der Waals surface area contributed by atoms with Gasteiger partial charge in [-0.2, -0.15) is 0 Å². The van der Waals surface area contributed by atoms with Crippen molar-refractivity contribution in [3.05, 3.63) is 132 Å². The third-order valence-corrected chi connectivity index (χ3v) is 5.87. The molecule has 0 aliphatic heterocycles. The van der Waals surface area contributed by atoms with E-state index in [1.165, 1.54) is 16.3 Å². The maximum atomic E-state index is 5.12. The fourth-order valence-electron chi connectivity index (χ4n) is 4.16. The highest BCUT2D eigenvalue weighted by Crippen LogP contribution is 2.32. The molecule has 0 aliphatic rings. The molecule has 0 saturated heterocycles. The van der Waals surface area contributed by atoms with E-state index >= 15 is 0 Å². The summed E-state index contributed by atoms with van der Waals surface area (Å²) in [4.78, 5) is 9.71. The van der Waals surface area contributed by atoms with Crippen LogP contribution < -0.4 is 0 Å². The number of hydrogen-bond donors (Lipinski definition) is 0. The first-order chi connectivity index (χ1) is 15.7. The van der Waals surface area contributed by atoms with Gasteiger partial charge < -0.3 is 4.57 Å². The highest BCUT2D eigenvalue weighted by atomic mass is 15.0. The topological polar surface area (TPSA) is 30.2 Å². The number of aliphatic imine (C=N–C) groups is 1. The predicted molar refractivity (Wildman–Crippen MR) is 133 cm³/mol. The maximum absolute atomic E-state index is 5.12. The zero-order chi connectivity index (χ0) is 21.9. The second-order valence-electron chi connectivity index (χ2n) is 8.13. The van der Waals surface area contributed by atoms with Crippen molar-refractivity contribution in [3.8, 4) is 0 Å². The van der Waals surface area contributed by atoms with Gasteiger partial charge in [-0.1, -0.05) is 91.9 Å². The molecule has 0 aliphatic carbocycles. The van der Waals surface area contributed by atoms with Crippen molar-refractivity contribution in [3.63, 3.8) is 0 Å². The van der Waals surface area contributed by atoms with Crippen molar-refractivity contribution >= 4 is 22.2 Å². The molecule has 0 spiro atoms. The van der Waals surface area contributed by atoms with Gasteiger partial charge >= 0.3 is 0 Å².